The second kappa shape index (κ2) is 6.20. The second-order valence-electron chi connectivity index (χ2n) is 4.12. The van der Waals surface area contributed by atoms with Crippen molar-refractivity contribution in [1.29, 1.82) is 0 Å². The summed E-state index contributed by atoms with van der Waals surface area (Å²) in [6.45, 7) is 3.70. The number of amides is 1. The van der Waals surface area contributed by atoms with Gasteiger partial charge in [-0.2, -0.15) is 0 Å². The minimum Gasteiger partial charge on any atom is -0.396 e. The maximum atomic E-state index is 11.8. The van der Waals surface area contributed by atoms with Gasteiger partial charge in [0.05, 0.1) is 0 Å². The highest BCUT2D eigenvalue weighted by atomic mass is 16.3. The van der Waals surface area contributed by atoms with Crippen molar-refractivity contribution in [3.05, 3.63) is 33.7 Å². The summed E-state index contributed by atoms with van der Waals surface area (Å²) in [7, 11) is 0. The first kappa shape index (κ1) is 13.4. The third-order valence-electron chi connectivity index (χ3n) is 2.47. The van der Waals surface area contributed by atoms with Gasteiger partial charge in [0.1, 0.15) is 5.56 Å². The van der Waals surface area contributed by atoms with E-state index in [1.54, 1.807) is 13.0 Å². The van der Waals surface area contributed by atoms with Gasteiger partial charge in [-0.15, -0.1) is 0 Å². The average Bonchev–Trinajstić information content (AvgIpc) is 2.26. The van der Waals surface area contributed by atoms with Crippen LogP contribution in [0.1, 0.15) is 35.8 Å². The molecule has 0 aliphatic carbocycles. The first-order valence-electron chi connectivity index (χ1n) is 5.66. The van der Waals surface area contributed by atoms with Crippen molar-refractivity contribution in [2.75, 3.05) is 6.61 Å². The van der Waals surface area contributed by atoms with Crippen molar-refractivity contribution in [2.45, 2.75) is 32.7 Å². The van der Waals surface area contributed by atoms with Gasteiger partial charge in [0.25, 0.3) is 11.5 Å². The molecular weight excluding hydrogens is 220 g/mol. The van der Waals surface area contributed by atoms with E-state index >= 15 is 0 Å². The van der Waals surface area contributed by atoms with Crippen LogP contribution in [0.3, 0.4) is 0 Å². The van der Waals surface area contributed by atoms with Crippen molar-refractivity contribution in [2.24, 2.45) is 0 Å². The molecule has 0 saturated heterocycles. The van der Waals surface area contributed by atoms with Crippen LogP contribution in [-0.4, -0.2) is 28.6 Å². The molecule has 1 unspecified atom stereocenters. The molecule has 1 heterocycles. The Balaban J connectivity index is 2.67. The largest absolute Gasteiger partial charge is 0.396 e. The molecule has 1 rings (SSSR count). The van der Waals surface area contributed by atoms with Gasteiger partial charge in [0.15, 0.2) is 0 Å². The molecule has 0 fully saturated rings. The van der Waals surface area contributed by atoms with Crippen molar-refractivity contribution in [3.8, 4) is 0 Å². The van der Waals surface area contributed by atoms with Crippen LogP contribution in [0.2, 0.25) is 0 Å². The number of hydrogen-bond acceptors (Lipinski definition) is 3. The smallest absolute Gasteiger partial charge is 0.260 e. The van der Waals surface area contributed by atoms with Gasteiger partial charge >= 0.3 is 0 Å². The zero-order valence-electron chi connectivity index (χ0n) is 10.1. The summed E-state index contributed by atoms with van der Waals surface area (Å²) in [5.74, 6) is -0.378. The Hall–Kier alpha value is -1.62. The fourth-order valence-electron chi connectivity index (χ4n) is 1.52. The third-order valence-corrected chi connectivity index (χ3v) is 2.47. The molecule has 94 valence electrons. The first-order valence-corrected chi connectivity index (χ1v) is 5.66. The van der Waals surface area contributed by atoms with E-state index in [0.717, 1.165) is 5.69 Å². The Morgan fingerprint density at radius 1 is 1.53 bits per heavy atom. The van der Waals surface area contributed by atoms with Crippen LogP contribution in [0.4, 0.5) is 0 Å². The van der Waals surface area contributed by atoms with Crippen LogP contribution in [-0.2, 0) is 0 Å². The Bertz CT molecular complexity index is 440. The van der Waals surface area contributed by atoms with Crippen molar-refractivity contribution < 1.29 is 9.90 Å². The number of rotatable bonds is 5. The average molecular weight is 238 g/mol. The van der Waals surface area contributed by atoms with Crippen molar-refractivity contribution >= 4 is 5.91 Å². The van der Waals surface area contributed by atoms with Gasteiger partial charge in [0.2, 0.25) is 0 Å². The lowest BCUT2D eigenvalue weighted by Gasteiger charge is -2.12. The lowest BCUT2D eigenvalue weighted by Crippen LogP contribution is -2.36. The minimum absolute atomic E-state index is 0.0599. The van der Waals surface area contributed by atoms with Gasteiger partial charge < -0.3 is 15.4 Å². The number of carbonyl (C=O) groups excluding carboxylic acids is 1. The molecule has 0 saturated carbocycles. The molecule has 0 radical (unpaired) electrons. The highest BCUT2D eigenvalue weighted by Gasteiger charge is 2.12. The molecule has 1 atom stereocenters. The normalized spacial score (nSPS) is 12.2. The van der Waals surface area contributed by atoms with Crippen LogP contribution >= 0.6 is 0 Å². The molecule has 3 N–H and O–H groups in total. The number of pyridine rings is 1. The number of aliphatic hydroxyl groups excluding tert-OH is 1. The monoisotopic (exact) mass is 238 g/mol. The van der Waals surface area contributed by atoms with Crippen LogP contribution in [0.25, 0.3) is 0 Å². The zero-order chi connectivity index (χ0) is 12.8. The number of aliphatic hydroxyl groups is 1. The summed E-state index contributed by atoms with van der Waals surface area (Å²) in [5.41, 5.74) is 0.461. The lowest BCUT2D eigenvalue weighted by molar-refractivity contribution is 0.0935. The quantitative estimate of drug-likeness (QED) is 0.701. The van der Waals surface area contributed by atoms with E-state index in [1.807, 2.05) is 6.92 Å². The maximum absolute atomic E-state index is 11.8. The van der Waals surface area contributed by atoms with Crippen molar-refractivity contribution in [1.82, 2.24) is 10.3 Å². The van der Waals surface area contributed by atoms with E-state index in [4.69, 9.17) is 5.11 Å². The zero-order valence-corrected chi connectivity index (χ0v) is 10.1. The summed E-state index contributed by atoms with van der Waals surface area (Å²) in [6, 6.07) is 3.15. The number of hydrogen-bond donors (Lipinski definition) is 3. The van der Waals surface area contributed by atoms with Crippen LogP contribution in [0, 0.1) is 6.92 Å². The van der Waals surface area contributed by atoms with Crippen LogP contribution in [0.5, 0.6) is 0 Å². The molecule has 0 aliphatic rings. The number of aromatic amines is 1. The summed E-state index contributed by atoms with van der Waals surface area (Å²) in [6.07, 6.45) is 1.32. The molecule has 5 heteroatoms. The second-order valence-corrected chi connectivity index (χ2v) is 4.12. The molecule has 5 nitrogen and oxygen atoms in total. The first-order chi connectivity index (χ1) is 8.04. The van der Waals surface area contributed by atoms with Gasteiger partial charge in [-0.3, -0.25) is 9.59 Å². The molecule has 1 aromatic heterocycles. The molecule has 0 aromatic carbocycles. The highest BCUT2D eigenvalue weighted by Crippen LogP contribution is 1.98. The van der Waals surface area contributed by atoms with E-state index in [1.165, 1.54) is 6.07 Å². The molecule has 0 bridgehead atoms. The van der Waals surface area contributed by atoms with Crippen molar-refractivity contribution in [3.63, 3.8) is 0 Å². The van der Waals surface area contributed by atoms with Crippen LogP contribution in [0.15, 0.2) is 16.9 Å². The van der Waals surface area contributed by atoms with E-state index in [9.17, 15) is 9.59 Å². The van der Waals surface area contributed by atoms with E-state index < -0.39 is 0 Å². The predicted molar refractivity (Wildman–Crippen MR) is 65.0 cm³/mol. The number of H-pyrrole nitrogens is 1. The van der Waals surface area contributed by atoms with E-state index in [2.05, 4.69) is 10.3 Å². The fraction of sp³-hybridized carbons (Fsp3) is 0.500. The number of aryl methyl sites for hydroxylation is 1. The summed E-state index contributed by atoms with van der Waals surface area (Å²) in [5, 5.41) is 11.4. The van der Waals surface area contributed by atoms with E-state index in [0.29, 0.717) is 12.8 Å². The maximum Gasteiger partial charge on any atom is 0.260 e. The third kappa shape index (κ3) is 4.03. The Kier molecular flexibility index (Phi) is 4.90. The standard InChI is InChI=1S/C12H18N2O3/c1-8(4-3-7-15)13-11(16)10-6-5-9(2)14-12(10)17/h5-6,8,15H,3-4,7H2,1-2H3,(H,13,16)(H,14,17). The molecule has 17 heavy (non-hydrogen) atoms. The summed E-state index contributed by atoms with van der Waals surface area (Å²) in [4.78, 5) is 25.9. The predicted octanol–water partition coefficient (Wildman–Crippen LogP) is 0.574. The number of nitrogens with one attached hydrogen (secondary N) is 2. The SMILES string of the molecule is Cc1ccc(C(=O)NC(C)CCCO)c(=O)[nH]1. The number of carbonyl (C=O) groups is 1. The Morgan fingerprint density at radius 3 is 2.82 bits per heavy atom. The highest BCUT2D eigenvalue weighted by molar-refractivity contribution is 5.93. The van der Waals surface area contributed by atoms with Gasteiger partial charge in [-0.1, -0.05) is 0 Å². The molecular formula is C12H18N2O3. The van der Waals surface area contributed by atoms with Gasteiger partial charge in [-0.05, 0) is 38.8 Å². The summed E-state index contributed by atoms with van der Waals surface area (Å²) < 4.78 is 0. The number of aromatic nitrogens is 1. The lowest BCUT2D eigenvalue weighted by atomic mass is 10.1. The van der Waals surface area contributed by atoms with Gasteiger partial charge in [-0.25, -0.2) is 0 Å². The Morgan fingerprint density at radius 2 is 2.24 bits per heavy atom. The van der Waals surface area contributed by atoms with E-state index in [-0.39, 0.29) is 29.7 Å². The molecule has 1 aromatic rings. The minimum atomic E-state index is -0.378. The van der Waals surface area contributed by atoms with Crippen LogP contribution < -0.4 is 10.9 Å². The van der Waals surface area contributed by atoms with Gasteiger partial charge in [0, 0.05) is 18.3 Å². The molecule has 0 aliphatic heterocycles. The summed E-state index contributed by atoms with van der Waals surface area (Å²) >= 11 is 0. The Labute approximate surface area is 99.9 Å². The topological polar surface area (TPSA) is 82.2 Å². The molecule has 1 amide bonds. The molecule has 0 spiro atoms. The fourth-order valence-corrected chi connectivity index (χ4v) is 1.52.